The summed E-state index contributed by atoms with van der Waals surface area (Å²) >= 11 is 1.48. The highest BCUT2D eigenvalue weighted by atomic mass is 32.1. The maximum absolute atomic E-state index is 4.39. The number of anilines is 1. The van der Waals surface area contributed by atoms with Crippen molar-refractivity contribution in [1.82, 2.24) is 14.3 Å². The summed E-state index contributed by atoms with van der Waals surface area (Å²) in [6.07, 6.45) is 9.94. The SMILES string of the molecule is Cc1nsc(NCC2CCCN2CC2CCCCC2)n1. The van der Waals surface area contributed by atoms with Crippen molar-refractivity contribution >= 4 is 16.7 Å². The molecule has 1 aromatic rings. The predicted octanol–water partition coefficient (Wildman–Crippen LogP) is 3.30. The quantitative estimate of drug-likeness (QED) is 0.904. The lowest BCUT2D eigenvalue weighted by atomic mass is 9.89. The van der Waals surface area contributed by atoms with E-state index in [2.05, 4.69) is 19.6 Å². The van der Waals surface area contributed by atoms with Gasteiger partial charge in [-0.25, -0.2) is 4.98 Å². The maximum Gasteiger partial charge on any atom is 0.202 e. The zero-order valence-corrected chi connectivity index (χ0v) is 13.3. The zero-order valence-electron chi connectivity index (χ0n) is 12.5. The fourth-order valence-electron chi connectivity index (χ4n) is 3.64. The van der Waals surface area contributed by atoms with Crippen molar-refractivity contribution in [2.24, 2.45) is 5.92 Å². The molecule has 112 valence electrons. The molecule has 1 atom stereocenters. The molecular formula is C15H26N4S. The molecule has 1 aliphatic carbocycles. The van der Waals surface area contributed by atoms with Gasteiger partial charge in [0.25, 0.3) is 0 Å². The lowest BCUT2D eigenvalue weighted by Crippen LogP contribution is -2.38. The van der Waals surface area contributed by atoms with E-state index in [1.165, 1.54) is 69.6 Å². The van der Waals surface area contributed by atoms with Crippen molar-refractivity contribution in [3.8, 4) is 0 Å². The summed E-state index contributed by atoms with van der Waals surface area (Å²) in [5.41, 5.74) is 0. The Kier molecular flexibility index (Phi) is 4.89. The van der Waals surface area contributed by atoms with Crippen LogP contribution >= 0.6 is 11.5 Å². The number of hydrogen-bond acceptors (Lipinski definition) is 5. The van der Waals surface area contributed by atoms with Crippen LogP contribution in [0.3, 0.4) is 0 Å². The van der Waals surface area contributed by atoms with Crippen LogP contribution in [0.4, 0.5) is 5.13 Å². The van der Waals surface area contributed by atoms with Gasteiger partial charge in [0.1, 0.15) is 5.82 Å². The van der Waals surface area contributed by atoms with Gasteiger partial charge in [0.2, 0.25) is 5.13 Å². The smallest absolute Gasteiger partial charge is 0.202 e. The number of nitrogens with one attached hydrogen (secondary N) is 1. The van der Waals surface area contributed by atoms with Crippen LogP contribution in [0.2, 0.25) is 0 Å². The molecule has 0 bridgehead atoms. The normalized spacial score (nSPS) is 25.1. The molecule has 0 spiro atoms. The van der Waals surface area contributed by atoms with Gasteiger partial charge in [0, 0.05) is 30.7 Å². The molecule has 1 saturated carbocycles. The number of likely N-dealkylation sites (tertiary alicyclic amines) is 1. The van der Waals surface area contributed by atoms with Crippen LogP contribution < -0.4 is 5.32 Å². The molecule has 2 aliphatic rings. The summed E-state index contributed by atoms with van der Waals surface area (Å²) in [6.45, 7) is 5.59. The molecule has 1 aliphatic heterocycles. The lowest BCUT2D eigenvalue weighted by molar-refractivity contribution is 0.193. The first-order chi connectivity index (χ1) is 9.81. The van der Waals surface area contributed by atoms with E-state index in [0.29, 0.717) is 6.04 Å². The van der Waals surface area contributed by atoms with Crippen LogP contribution in [0.5, 0.6) is 0 Å². The van der Waals surface area contributed by atoms with Gasteiger partial charge in [-0.15, -0.1) is 0 Å². The van der Waals surface area contributed by atoms with E-state index in [9.17, 15) is 0 Å². The Morgan fingerprint density at radius 2 is 2.05 bits per heavy atom. The highest BCUT2D eigenvalue weighted by Gasteiger charge is 2.27. The summed E-state index contributed by atoms with van der Waals surface area (Å²) in [5, 5.41) is 4.46. The van der Waals surface area contributed by atoms with E-state index in [4.69, 9.17) is 0 Å². The molecule has 3 rings (SSSR count). The predicted molar refractivity (Wildman–Crippen MR) is 84.3 cm³/mol. The number of nitrogens with zero attached hydrogens (tertiary/aromatic N) is 3. The van der Waals surface area contributed by atoms with E-state index in [1.807, 2.05) is 6.92 Å². The first-order valence-corrected chi connectivity index (χ1v) is 8.87. The molecule has 1 saturated heterocycles. The van der Waals surface area contributed by atoms with Gasteiger partial charge < -0.3 is 5.32 Å². The zero-order chi connectivity index (χ0) is 13.8. The summed E-state index contributed by atoms with van der Waals surface area (Å²) < 4.78 is 4.23. The van der Waals surface area contributed by atoms with E-state index in [1.54, 1.807) is 0 Å². The molecule has 0 amide bonds. The van der Waals surface area contributed by atoms with Gasteiger partial charge in [-0.3, -0.25) is 4.90 Å². The third kappa shape index (κ3) is 3.70. The second-order valence-electron chi connectivity index (χ2n) is 6.32. The minimum Gasteiger partial charge on any atom is -0.359 e. The van der Waals surface area contributed by atoms with Crippen LogP contribution in [-0.2, 0) is 0 Å². The summed E-state index contributed by atoms with van der Waals surface area (Å²) in [4.78, 5) is 7.11. The van der Waals surface area contributed by atoms with Crippen molar-refractivity contribution in [3.05, 3.63) is 5.82 Å². The third-order valence-corrected chi connectivity index (χ3v) is 5.50. The second-order valence-corrected chi connectivity index (χ2v) is 7.07. The maximum atomic E-state index is 4.39. The van der Waals surface area contributed by atoms with E-state index >= 15 is 0 Å². The van der Waals surface area contributed by atoms with Gasteiger partial charge in [-0.1, -0.05) is 19.3 Å². The Labute approximate surface area is 126 Å². The van der Waals surface area contributed by atoms with Gasteiger partial charge >= 0.3 is 0 Å². The molecule has 1 aromatic heterocycles. The van der Waals surface area contributed by atoms with Crippen molar-refractivity contribution in [3.63, 3.8) is 0 Å². The lowest BCUT2D eigenvalue weighted by Gasteiger charge is -2.31. The fraction of sp³-hybridized carbons (Fsp3) is 0.867. The van der Waals surface area contributed by atoms with Gasteiger partial charge in [-0.2, -0.15) is 4.37 Å². The minimum atomic E-state index is 0.695. The van der Waals surface area contributed by atoms with Gasteiger partial charge in [0.15, 0.2) is 0 Å². The molecule has 1 unspecified atom stereocenters. The average molecular weight is 294 g/mol. The molecule has 1 N–H and O–H groups in total. The first kappa shape index (κ1) is 14.3. The van der Waals surface area contributed by atoms with E-state index in [-0.39, 0.29) is 0 Å². The molecule has 4 nitrogen and oxygen atoms in total. The highest BCUT2D eigenvalue weighted by molar-refractivity contribution is 7.09. The average Bonchev–Trinajstić information content (AvgIpc) is 3.07. The molecule has 0 radical (unpaired) electrons. The summed E-state index contributed by atoms with van der Waals surface area (Å²) in [7, 11) is 0. The topological polar surface area (TPSA) is 41.1 Å². The Bertz CT molecular complexity index is 414. The van der Waals surface area contributed by atoms with Gasteiger partial charge in [-0.05, 0) is 45.1 Å². The van der Waals surface area contributed by atoms with Crippen molar-refractivity contribution < 1.29 is 0 Å². The number of aryl methyl sites for hydroxylation is 1. The van der Waals surface area contributed by atoms with Crippen molar-refractivity contribution in [2.45, 2.75) is 57.9 Å². The van der Waals surface area contributed by atoms with Crippen molar-refractivity contribution in [2.75, 3.05) is 25.0 Å². The largest absolute Gasteiger partial charge is 0.359 e. The minimum absolute atomic E-state index is 0.695. The van der Waals surface area contributed by atoms with Crippen molar-refractivity contribution in [1.29, 1.82) is 0 Å². The van der Waals surface area contributed by atoms with Crippen LogP contribution in [0.1, 0.15) is 50.8 Å². The third-order valence-electron chi connectivity index (χ3n) is 4.73. The van der Waals surface area contributed by atoms with E-state index in [0.717, 1.165) is 23.4 Å². The first-order valence-electron chi connectivity index (χ1n) is 8.09. The molecule has 20 heavy (non-hydrogen) atoms. The van der Waals surface area contributed by atoms with E-state index < -0.39 is 0 Å². The van der Waals surface area contributed by atoms with Crippen LogP contribution in [0.15, 0.2) is 0 Å². The second kappa shape index (κ2) is 6.85. The summed E-state index contributed by atoms with van der Waals surface area (Å²) in [5.74, 6) is 1.83. The standard InChI is InChI=1S/C15H26N4S/c1-12-17-15(20-18-12)16-10-14-8-5-9-19(14)11-13-6-3-2-4-7-13/h13-14H,2-11H2,1H3,(H,16,17,18). The van der Waals surface area contributed by atoms with Crippen LogP contribution in [0.25, 0.3) is 0 Å². The molecule has 2 heterocycles. The number of aromatic nitrogens is 2. The molecular weight excluding hydrogens is 268 g/mol. The monoisotopic (exact) mass is 294 g/mol. The molecule has 2 fully saturated rings. The van der Waals surface area contributed by atoms with Gasteiger partial charge in [0.05, 0.1) is 0 Å². The Hall–Kier alpha value is -0.680. The number of rotatable bonds is 5. The summed E-state index contributed by atoms with van der Waals surface area (Å²) in [6, 6.07) is 0.695. The molecule has 5 heteroatoms. The Morgan fingerprint density at radius 1 is 1.20 bits per heavy atom. The highest BCUT2D eigenvalue weighted by Crippen LogP contribution is 2.27. The van der Waals surface area contributed by atoms with Crippen LogP contribution in [-0.4, -0.2) is 39.9 Å². The Morgan fingerprint density at radius 3 is 2.80 bits per heavy atom. The number of hydrogen-bond donors (Lipinski definition) is 1. The Balaban J connectivity index is 1.47. The van der Waals surface area contributed by atoms with Crippen LogP contribution in [0, 0.1) is 12.8 Å². The fourth-order valence-corrected chi connectivity index (χ4v) is 4.22. The molecule has 0 aromatic carbocycles.